The van der Waals surface area contributed by atoms with Crippen LogP contribution in [0.25, 0.3) is 0 Å². The Labute approximate surface area is 61.7 Å². The summed E-state index contributed by atoms with van der Waals surface area (Å²) in [7, 11) is 0. The number of rotatable bonds is 4. The fourth-order valence-electron chi connectivity index (χ4n) is 0.283. The first-order valence-electron chi connectivity index (χ1n) is 2.69. The van der Waals surface area contributed by atoms with Gasteiger partial charge in [-0.3, -0.25) is 0 Å². The molecule has 68 valence electrons. The lowest BCUT2D eigenvalue weighted by molar-refractivity contribution is -0.323. The molecule has 2 unspecified atom stereocenters. The molecule has 7 heteroatoms. The smallest absolute Gasteiger partial charge is 0.209 e. The third-order valence-corrected chi connectivity index (χ3v) is 0.789. The van der Waals surface area contributed by atoms with Gasteiger partial charge in [0.1, 0.15) is 0 Å². The van der Waals surface area contributed by atoms with Crippen molar-refractivity contribution in [2.75, 3.05) is 0 Å². The van der Waals surface area contributed by atoms with E-state index in [4.69, 9.17) is 30.6 Å². The number of aliphatic hydroxyl groups is 6. The highest BCUT2D eigenvalue weighted by Gasteiger charge is 2.21. The zero-order valence-electron chi connectivity index (χ0n) is 5.40. The van der Waals surface area contributed by atoms with Gasteiger partial charge >= 0.3 is 0 Å². The van der Waals surface area contributed by atoms with Crippen molar-refractivity contribution in [2.45, 2.75) is 25.2 Å². The van der Waals surface area contributed by atoms with Crippen molar-refractivity contribution in [1.82, 2.24) is 0 Å². The molecule has 11 heavy (non-hydrogen) atoms. The first-order chi connectivity index (χ1) is 4.95. The maximum absolute atomic E-state index is 8.44. The molecular weight excluding hydrogens is 160 g/mol. The van der Waals surface area contributed by atoms with Crippen LogP contribution in [-0.2, 0) is 4.74 Å². The quantitative estimate of drug-likeness (QED) is 0.239. The van der Waals surface area contributed by atoms with Crippen LogP contribution in [0.3, 0.4) is 0 Å². The molecule has 2 atom stereocenters. The molecule has 0 rings (SSSR count). The van der Waals surface area contributed by atoms with E-state index in [0.29, 0.717) is 0 Å². The average Bonchev–Trinajstić information content (AvgIpc) is 1.87. The Balaban J connectivity index is 3.66. The van der Waals surface area contributed by atoms with Crippen molar-refractivity contribution in [2.24, 2.45) is 0 Å². The third-order valence-electron chi connectivity index (χ3n) is 0.789. The summed E-state index contributed by atoms with van der Waals surface area (Å²) in [5.41, 5.74) is 0. The molecular formula is C4H10O7. The van der Waals surface area contributed by atoms with Gasteiger partial charge in [-0.15, -0.1) is 0 Å². The van der Waals surface area contributed by atoms with Crippen molar-refractivity contribution in [3.63, 3.8) is 0 Å². The fourth-order valence-corrected chi connectivity index (χ4v) is 0.283. The largest absolute Gasteiger partial charge is 0.364 e. The van der Waals surface area contributed by atoms with E-state index in [-0.39, 0.29) is 0 Å². The van der Waals surface area contributed by atoms with Crippen LogP contribution in [-0.4, -0.2) is 55.8 Å². The second-order valence-electron chi connectivity index (χ2n) is 1.74. The van der Waals surface area contributed by atoms with Crippen LogP contribution in [0.15, 0.2) is 0 Å². The highest BCUT2D eigenvalue weighted by molar-refractivity contribution is 4.46. The predicted octanol–water partition coefficient (Wildman–Crippen LogP) is -3.74. The van der Waals surface area contributed by atoms with Gasteiger partial charge in [-0.1, -0.05) is 0 Å². The van der Waals surface area contributed by atoms with E-state index in [1.807, 2.05) is 0 Å². The summed E-state index contributed by atoms with van der Waals surface area (Å²) in [6.45, 7) is 0. The van der Waals surface area contributed by atoms with Crippen LogP contribution in [0.1, 0.15) is 0 Å². The Morgan fingerprint density at radius 2 is 0.909 bits per heavy atom. The molecule has 0 radical (unpaired) electrons. The molecule has 0 saturated heterocycles. The van der Waals surface area contributed by atoms with Crippen LogP contribution < -0.4 is 0 Å². The average molecular weight is 170 g/mol. The van der Waals surface area contributed by atoms with Gasteiger partial charge in [-0.05, 0) is 0 Å². The Morgan fingerprint density at radius 1 is 0.636 bits per heavy atom. The van der Waals surface area contributed by atoms with Gasteiger partial charge in [-0.2, -0.15) is 0 Å². The van der Waals surface area contributed by atoms with Crippen molar-refractivity contribution < 1.29 is 35.4 Å². The van der Waals surface area contributed by atoms with Crippen LogP contribution in [0.2, 0.25) is 0 Å². The lowest BCUT2D eigenvalue weighted by Crippen LogP contribution is -2.37. The first-order valence-corrected chi connectivity index (χ1v) is 2.69. The first kappa shape index (κ1) is 10.7. The standard InChI is InChI=1S/C4H10O7/c5-1(6)3(9)11-4(10)2(7)8/h1-10H. The van der Waals surface area contributed by atoms with Crippen LogP contribution >= 0.6 is 0 Å². The molecule has 0 aliphatic heterocycles. The van der Waals surface area contributed by atoms with Crippen LogP contribution in [0, 0.1) is 0 Å². The van der Waals surface area contributed by atoms with Gasteiger partial charge in [-0.25, -0.2) is 0 Å². The molecule has 0 aliphatic rings. The minimum atomic E-state index is -2.21. The molecule has 0 fully saturated rings. The SMILES string of the molecule is OC(O)C(O)OC(O)C(O)O. The minimum absolute atomic E-state index is 2.08. The van der Waals surface area contributed by atoms with Crippen LogP contribution in [0.4, 0.5) is 0 Å². The summed E-state index contributed by atoms with van der Waals surface area (Å²) in [4.78, 5) is 0. The summed E-state index contributed by atoms with van der Waals surface area (Å²) in [6, 6.07) is 0. The number of hydrogen-bond donors (Lipinski definition) is 6. The fraction of sp³-hybridized carbons (Fsp3) is 1.00. The van der Waals surface area contributed by atoms with Gasteiger partial charge < -0.3 is 35.4 Å². The second kappa shape index (κ2) is 4.57. The van der Waals surface area contributed by atoms with E-state index in [2.05, 4.69) is 4.74 Å². The summed E-state index contributed by atoms with van der Waals surface area (Å²) in [5, 5.41) is 49.5. The molecule has 0 aromatic carbocycles. The van der Waals surface area contributed by atoms with E-state index in [1.54, 1.807) is 0 Å². The van der Waals surface area contributed by atoms with Crippen molar-refractivity contribution in [1.29, 1.82) is 0 Å². The Morgan fingerprint density at radius 3 is 1.09 bits per heavy atom. The molecule has 0 bridgehead atoms. The summed E-state index contributed by atoms with van der Waals surface area (Å²) in [6.07, 6.45) is -8.56. The van der Waals surface area contributed by atoms with Gasteiger partial charge in [0.25, 0.3) is 0 Å². The molecule has 0 saturated carbocycles. The number of aliphatic hydroxyl groups excluding tert-OH is 4. The van der Waals surface area contributed by atoms with Crippen molar-refractivity contribution in [3.05, 3.63) is 0 Å². The molecule has 0 amide bonds. The summed E-state index contributed by atoms with van der Waals surface area (Å²) < 4.78 is 3.88. The van der Waals surface area contributed by atoms with Gasteiger partial charge in [0.05, 0.1) is 0 Å². The second-order valence-corrected chi connectivity index (χ2v) is 1.74. The zero-order chi connectivity index (χ0) is 9.02. The van der Waals surface area contributed by atoms with E-state index in [0.717, 1.165) is 0 Å². The van der Waals surface area contributed by atoms with Gasteiger partial charge in [0, 0.05) is 0 Å². The third kappa shape index (κ3) is 4.22. The predicted molar refractivity (Wildman–Crippen MR) is 29.5 cm³/mol. The molecule has 0 aromatic rings. The molecule has 0 aliphatic carbocycles. The van der Waals surface area contributed by atoms with E-state index in [9.17, 15) is 0 Å². The Hall–Kier alpha value is -0.280. The van der Waals surface area contributed by atoms with Gasteiger partial charge in [0.2, 0.25) is 25.2 Å². The van der Waals surface area contributed by atoms with Gasteiger partial charge in [0.15, 0.2) is 0 Å². The molecule has 0 aromatic heterocycles. The summed E-state index contributed by atoms with van der Waals surface area (Å²) in [5.74, 6) is 0. The normalized spacial score (nSPS) is 17.5. The topological polar surface area (TPSA) is 131 Å². The molecule has 0 spiro atoms. The molecule has 7 nitrogen and oxygen atoms in total. The van der Waals surface area contributed by atoms with E-state index < -0.39 is 25.2 Å². The van der Waals surface area contributed by atoms with E-state index >= 15 is 0 Å². The lowest BCUT2D eigenvalue weighted by Gasteiger charge is -2.18. The minimum Gasteiger partial charge on any atom is -0.364 e. The summed E-state index contributed by atoms with van der Waals surface area (Å²) >= 11 is 0. The lowest BCUT2D eigenvalue weighted by atomic mass is 10.5. The Kier molecular flexibility index (Phi) is 4.45. The highest BCUT2D eigenvalue weighted by Crippen LogP contribution is 1.99. The molecule has 0 heterocycles. The number of hydrogen-bond acceptors (Lipinski definition) is 7. The number of ether oxygens (including phenoxy) is 1. The van der Waals surface area contributed by atoms with E-state index in [1.165, 1.54) is 0 Å². The molecule has 6 N–H and O–H groups in total. The monoisotopic (exact) mass is 170 g/mol. The zero-order valence-corrected chi connectivity index (χ0v) is 5.40. The maximum Gasteiger partial charge on any atom is 0.209 e. The highest BCUT2D eigenvalue weighted by atomic mass is 16.7. The maximum atomic E-state index is 8.44. The van der Waals surface area contributed by atoms with Crippen LogP contribution in [0.5, 0.6) is 0 Å². The van der Waals surface area contributed by atoms with Crippen molar-refractivity contribution >= 4 is 0 Å². The van der Waals surface area contributed by atoms with Crippen molar-refractivity contribution in [3.8, 4) is 0 Å². The Bertz CT molecular complexity index is 90.6.